The number of amides is 1. The molecule has 2 aromatic heterocycles. The number of halogens is 1. The van der Waals surface area contributed by atoms with Crippen LogP contribution < -0.4 is 4.74 Å². The summed E-state index contributed by atoms with van der Waals surface area (Å²) in [6, 6.07) is 12.7. The van der Waals surface area contributed by atoms with Crippen molar-refractivity contribution in [2.75, 3.05) is 6.61 Å². The second-order valence-electron chi connectivity index (χ2n) is 7.11. The Balaban J connectivity index is 1.85. The summed E-state index contributed by atoms with van der Waals surface area (Å²) in [6.07, 6.45) is 4.77. The molecule has 7 nitrogen and oxygen atoms in total. The summed E-state index contributed by atoms with van der Waals surface area (Å²) >= 11 is 6.16. The highest BCUT2D eigenvalue weighted by Crippen LogP contribution is 2.40. The Hall–Kier alpha value is -3.71. The number of pyridine rings is 2. The number of likely N-dealkylation sites (tertiary alicyclic amines) is 1. The number of hydrogen-bond acceptors (Lipinski definition) is 6. The third-order valence-corrected chi connectivity index (χ3v) is 5.44. The molecular formula is C24H20ClN3O4. The molecule has 1 aliphatic rings. The summed E-state index contributed by atoms with van der Waals surface area (Å²) in [5.74, 6) is -1.40. The zero-order valence-corrected chi connectivity index (χ0v) is 18.0. The number of carbonyl (C=O) groups is 2. The lowest BCUT2D eigenvalue weighted by molar-refractivity contribution is -0.140. The van der Waals surface area contributed by atoms with E-state index >= 15 is 0 Å². The third-order valence-electron chi connectivity index (χ3n) is 5.12. The number of Topliss-reactive ketones (excluding diaryl/α,β-unsaturated/α-hetero) is 1. The molecule has 1 atom stereocenters. The average Bonchev–Trinajstić information content (AvgIpc) is 3.06. The molecule has 8 heteroatoms. The lowest BCUT2D eigenvalue weighted by Gasteiger charge is -2.25. The largest absolute Gasteiger partial charge is 0.507 e. The van der Waals surface area contributed by atoms with Crippen LogP contribution in [0.15, 0.2) is 72.7 Å². The van der Waals surface area contributed by atoms with Gasteiger partial charge in [0.15, 0.2) is 0 Å². The molecule has 1 aromatic carbocycles. The van der Waals surface area contributed by atoms with Crippen molar-refractivity contribution in [3.8, 4) is 5.75 Å². The van der Waals surface area contributed by atoms with Crippen LogP contribution in [0, 0.1) is 0 Å². The summed E-state index contributed by atoms with van der Waals surface area (Å²) < 4.78 is 5.51. The van der Waals surface area contributed by atoms with Crippen LogP contribution in [-0.4, -0.2) is 38.3 Å². The van der Waals surface area contributed by atoms with Gasteiger partial charge in [0.05, 0.1) is 35.5 Å². The molecule has 1 unspecified atom stereocenters. The van der Waals surface area contributed by atoms with Gasteiger partial charge >= 0.3 is 0 Å². The van der Waals surface area contributed by atoms with E-state index in [2.05, 4.69) is 9.97 Å². The summed E-state index contributed by atoms with van der Waals surface area (Å²) in [6.45, 7) is 2.31. The van der Waals surface area contributed by atoms with Gasteiger partial charge in [0.2, 0.25) is 0 Å². The fourth-order valence-corrected chi connectivity index (χ4v) is 3.85. The van der Waals surface area contributed by atoms with Crippen LogP contribution in [0.1, 0.15) is 29.8 Å². The minimum Gasteiger partial charge on any atom is -0.507 e. The topological polar surface area (TPSA) is 92.6 Å². The number of aliphatic hydroxyl groups excluding tert-OH is 1. The van der Waals surface area contributed by atoms with Gasteiger partial charge in [-0.05, 0) is 55.0 Å². The number of benzene rings is 1. The van der Waals surface area contributed by atoms with Gasteiger partial charge in [0.1, 0.15) is 11.5 Å². The van der Waals surface area contributed by atoms with Gasteiger partial charge in [-0.1, -0.05) is 17.7 Å². The number of hydrogen-bond donors (Lipinski definition) is 1. The van der Waals surface area contributed by atoms with Gasteiger partial charge in [0, 0.05) is 24.2 Å². The Morgan fingerprint density at radius 3 is 2.59 bits per heavy atom. The maximum Gasteiger partial charge on any atom is 0.296 e. The van der Waals surface area contributed by atoms with Crippen LogP contribution >= 0.6 is 11.6 Å². The molecule has 162 valence electrons. The molecule has 1 amide bonds. The number of ketones is 1. The molecule has 0 spiro atoms. The third kappa shape index (κ3) is 4.07. The first-order chi connectivity index (χ1) is 15.5. The summed E-state index contributed by atoms with van der Waals surface area (Å²) in [5.41, 5.74) is 1.59. The van der Waals surface area contributed by atoms with Crippen molar-refractivity contribution in [2.24, 2.45) is 0 Å². The zero-order valence-electron chi connectivity index (χ0n) is 17.2. The monoisotopic (exact) mass is 449 g/mol. The van der Waals surface area contributed by atoms with E-state index in [1.165, 1.54) is 4.90 Å². The molecule has 3 aromatic rings. The van der Waals surface area contributed by atoms with E-state index in [1.54, 1.807) is 61.1 Å². The van der Waals surface area contributed by atoms with Crippen molar-refractivity contribution in [1.29, 1.82) is 0 Å². The highest BCUT2D eigenvalue weighted by Gasteiger charge is 2.46. The molecule has 0 saturated carbocycles. The van der Waals surface area contributed by atoms with Crippen LogP contribution in [0.5, 0.6) is 5.75 Å². The number of ether oxygens (including phenoxy) is 1. The predicted octanol–water partition coefficient (Wildman–Crippen LogP) is 4.15. The van der Waals surface area contributed by atoms with Gasteiger partial charge in [0.25, 0.3) is 11.7 Å². The van der Waals surface area contributed by atoms with Gasteiger partial charge in [-0.25, -0.2) is 0 Å². The number of carbonyl (C=O) groups excluding carboxylic acids is 2. The maximum absolute atomic E-state index is 13.1. The fraction of sp³-hybridized carbons (Fsp3) is 0.167. The summed E-state index contributed by atoms with van der Waals surface area (Å²) in [5, 5.41) is 11.5. The maximum atomic E-state index is 13.1. The molecule has 1 aliphatic heterocycles. The highest BCUT2D eigenvalue weighted by atomic mass is 35.5. The summed E-state index contributed by atoms with van der Waals surface area (Å²) in [4.78, 5) is 35.8. The molecule has 1 saturated heterocycles. The molecular weight excluding hydrogens is 430 g/mol. The first-order valence-electron chi connectivity index (χ1n) is 10.0. The SMILES string of the molecule is CCOc1cc(/C(O)=C2/C(=O)C(=O)N(Cc3ccccn3)C2c2ccncc2)ccc1Cl. The van der Waals surface area contributed by atoms with Crippen molar-refractivity contribution in [3.05, 3.63) is 94.5 Å². The molecule has 1 N–H and O–H groups in total. The highest BCUT2D eigenvalue weighted by molar-refractivity contribution is 6.46. The van der Waals surface area contributed by atoms with Crippen molar-refractivity contribution < 1.29 is 19.4 Å². The van der Waals surface area contributed by atoms with Crippen LogP contribution in [-0.2, 0) is 16.1 Å². The summed E-state index contributed by atoms with van der Waals surface area (Å²) in [7, 11) is 0. The van der Waals surface area contributed by atoms with Crippen LogP contribution in [0.2, 0.25) is 5.02 Å². The number of nitrogens with zero attached hydrogens (tertiary/aromatic N) is 3. The van der Waals surface area contributed by atoms with E-state index in [-0.39, 0.29) is 17.9 Å². The van der Waals surface area contributed by atoms with Crippen LogP contribution in [0.4, 0.5) is 0 Å². The predicted molar refractivity (Wildman–Crippen MR) is 119 cm³/mol. The van der Waals surface area contributed by atoms with Gasteiger partial charge in [-0.2, -0.15) is 0 Å². The molecule has 1 fully saturated rings. The number of aliphatic hydroxyl groups is 1. The van der Waals surface area contributed by atoms with Crippen molar-refractivity contribution in [3.63, 3.8) is 0 Å². The molecule has 0 radical (unpaired) electrons. The minimum atomic E-state index is -0.800. The van der Waals surface area contributed by atoms with Crippen molar-refractivity contribution >= 4 is 29.1 Å². The van der Waals surface area contributed by atoms with Gasteiger partial charge in [-0.15, -0.1) is 0 Å². The Labute approximate surface area is 190 Å². The van der Waals surface area contributed by atoms with Gasteiger partial charge < -0.3 is 14.7 Å². The van der Waals surface area contributed by atoms with Crippen LogP contribution in [0.25, 0.3) is 5.76 Å². The Morgan fingerprint density at radius 1 is 1.12 bits per heavy atom. The fourth-order valence-electron chi connectivity index (χ4n) is 3.67. The van der Waals surface area contributed by atoms with Crippen molar-refractivity contribution in [2.45, 2.75) is 19.5 Å². The number of aromatic nitrogens is 2. The Bertz CT molecular complexity index is 1180. The van der Waals surface area contributed by atoms with E-state index in [9.17, 15) is 14.7 Å². The molecule has 4 rings (SSSR count). The molecule has 0 bridgehead atoms. The lowest BCUT2D eigenvalue weighted by Crippen LogP contribution is -2.29. The minimum absolute atomic E-state index is 0.0121. The number of rotatable bonds is 6. The molecule has 0 aliphatic carbocycles. The second kappa shape index (κ2) is 9.20. The smallest absolute Gasteiger partial charge is 0.296 e. The Morgan fingerprint density at radius 2 is 1.91 bits per heavy atom. The zero-order chi connectivity index (χ0) is 22.7. The van der Waals surface area contributed by atoms with Crippen LogP contribution in [0.3, 0.4) is 0 Å². The van der Waals surface area contributed by atoms with Gasteiger partial charge in [-0.3, -0.25) is 19.6 Å². The van der Waals surface area contributed by atoms with E-state index in [0.29, 0.717) is 34.2 Å². The van der Waals surface area contributed by atoms with Crippen molar-refractivity contribution in [1.82, 2.24) is 14.9 Å². The first-order valence-corrected chi connectivity index (χ1v) is 10.4. The molecule has 3 heterocycles. The Kier molecular flexibility index (Phi) is 6.18. The quantitative estimate of drug-likeness (QED) is 0.345. The molecule has 32 heavy (non-hydrogen) atoms. The van der Waals surface area contributed by atoms with E-state index in [4.69, 9.17) is 16.3 Å². The average molecular weight is 450 g/mol. The second-order valence-corrected chi connectivity index (χ2v) is 7.51. The standard InChI is InChI=1S/C24H20ClN3O4/c1-2-32-19-13-16(6-7-18(19)25)22(29)20-21(15-8-11-26-12-9-15)28(24(31)23(20)30)14-17-5-3-4-10-27-17/h3-13,21,29H,2,14H2,1H3/b22-20-. The first kappa shape index (κ1) is 21.5. The van der Waals surface area contributed by atoms with E-state index in [0.717, 1.165) is 0 Å². The normalized spacial score (nSPS) is 17.6. The van der Waals surface area contributed by atoms with E-state index < -0.39 is 17.7 Å². The van der Waals surface area contributed by atoms with E-state index in [1.807, 2.05) is 13.0 Å². The lowest BCUT2D eigenvalue weighted by atomic mass is 9.96.